The van der Waals surface area contributed by atoms with Crippen LogP contribution in [0.25, 0.3) is 0 Å². The molecular weight excluding hydrogens is 216 g/mol. The standard InChI is InChI=1S/C18H38/c1-12(13(2)15(4)17(6,7)8)14(3)16(5)18(9,10)11/h12-16H,1-11H3. The predicted molar refractivity (Wildman–Crippen MR) is 84.7 cm³/mol. The fourth-order valence-electron chi connectivity index (χ4n) is 2.97. The fraction of sp³-hybridized carbons (Fsp3) is 1.00. The molecule has 0 aliphatic carbocycles. The molecule has 0 aromatic carbocycles. The van der Waals surface area contributed by atoms with Gasteiger partial charge in [0.05, 0.1) is 0 Å². The summed E-state index contributed by atoms with van der Waals surface area (Å²) in [5, 5.41) is 0. The summed E-state index contributed by atoms with van der Waals surface area (Å²) >= 11 is 0. The lowest BCUT2D eigenvalue weighted by atomic mass is 9.63. The molecule has 0 fully saturated rings. The lowest BCUT2D eigenvalue weighted by Crippen LogP contribution is -2.35. The van der Waals surface area contributed by atoms with Crippen LogP contribution in [0, 0.1) is 40.4 Å². The van der Waals surface area contributed by atoms with E-state index in [1.165, 1.54) is 0 Å². The van der Waals surface area contributed by atoms with Gasteiger partial charge in [0.25, 0.3) is 0 Å². The molecule has 0 aliphatic rings. The highest BCUT2D eigenvalue weighted by molar-refractivity contribution is 4.84. The van der Waals surface area contributed by atoms with Crippen molar-refractivity contribution in [3.8, 4) is 0 Å². The average molecular weight is 255 g/mol. The molecule has 4 unspecified atom stereocenters. The van der Waals surface area contributed by atoms with Crippen LogP contribution in [0.4, 0.5) is 0 Å². The molecule has 0 aliphatic heterocycles. The third-order valence-corrected chi connectivity index (χ3v) is 5.97. The van der Waals surface area contributed by atoms with Crippen LogP contribution in [0.1, 0.15) is 76.2 Å². The average Bonchev–Trinajstić information content (AvgIpc) is 2.21. The van der Waals surface area contributed by atoms with Crippen molar-refractivity contribution in [3.05, 3.63) is 0 Å². The fourth-order valence-corrected chi connectivity index (χ4v) is 2.97. The second-order valence-electron chi connectivity index (χ2n) is 8.89. The first kappa shape index (κ1) is 18.0. The van der Waals surface area contributed by atoms with Gasteiger partial charge in [0.15, 0.2) is 0 Å². The summed E-state index contributed by atoms with van der Waals surface area (Å²) in [4.78, 5) is 0. The third-order valence-electron chi connectivity index (χ3n) is 5.97. The van der Waals surface area contributed by atoms with Gasteiger partial charge in [-0.2, -0.15) is 0 Å². The molecular formula is C18H38. The molecule has 0 aromatic rings. The first-order valence-electron chi connectivity index (χ1n) is 7.80. The first-order valence-corrected chi connectivity index (χ1v) is 7.80. The van der Waals surface area contributed by atoms with Crippen LogP contribution >= 0.6 is 0 Å². The van der Waals surface area contributed by atoms with Crippen LogP contribution in [-0.2, 0) is 0 Å². The second kappa shape index (κ2) is 5.97. The van der Waals surface area contributed by atoms with Gasteiger partial charge in [0.2, 0.25) is 0 Å². The molecule has 0 saturated carbocycles. The molecule has 0 radical (unpaired) electrons. The largest absolute Gasteiger partial charge is 0.0620 e. The highest BCUT2D eigenvalue weighted by Crippen LogP contribution is 2.42. The SMILES string of the molecule is CC(C(C)C(C)C(C)(C)C)C(C)C(C)C(C)(C)C. The summed E-state index contributed by atoms with van der Waals surface area (Å²) in [7, 11) is 0. The summed E-state index contributed by atoms with van der Waals surface area (Å²) in [6.45, 7) is 26.5. The quantitative estimate of drug-likeness (QED) is 0.555. The maximum Gasteiger partial charge on any atom is -0.0354 e. The van der Waals surface area contributed by atoms with E-state index in [1.54, 1.807) is 0 Å². The van der Waals surface area contributed by atoms with Crippen LogP contribution in [0.2, 0.25) is 0 Å². The van der Waals surface area contributed by atoms with Crippen molar-refractivity contribution in [1.82, 2.24) is 0 Å². The van der Waals surface area contributed by atoms with Gasteiger partial charge < -0.3 is 0 Å². The van der Waals surface area contributed by atoms with Gasteiger partial charge >= 0.3 is 0 Å². The summed E-state index contributed by atoms with van der Waals surface area (Å²) in [5.74, 6) is 3.88. The summed E-state index contributed by atoms with van der Waals surface area (Å²) in [5.41, 5.74) is 0.830. The monoisotopic (exact) mass is 254 g/mol. The minimum Gasteiger partial charge on any atom is -0.0620 e. The Kier molecular flexibility index (Phi) is 5.97. The van der Waals surface area contributed by atoms with E-state index in [-0.39, 0.29) is 0 Å². The van der Waals surface area contributed by atoms with Crippen molar-refractivity contribution in [3.63, 3.8) is 0 Å². The smallest absolute Gasteiger partial charge is 0.0354 e. The molecule has 18 heavy (non-hydrogen) atoms. The van der Waals surface area contributed by atoms with E-state index < -0.39 is 0 Å². The Morgan fingerprint density at radius 3 is 0.833 bits per heavy atom. The predicted octanol–water partition coefficient (Wildman–Crippen LogP) is 6.26. The van der Waals surface area contributed by atoms with Crippen molar-refractivity contribution in [2.75, 3.05) is 0 Å². The lowest BCUT2D eigenvalue weighted by molar-refractivity contribution is 0.0689. The zero-order chi connectivity index (χ0) is 14.9. The number of hydrogen-bond donors (Lipinski definition) is 0. The van der Waals surface area contributed by atoms with Crippen LogP contribution in [0.15, 0.2) is 0 Å². The van der Waals surface area contributed by atoms with Crippen LogP contribution in [-0.4, -0.2) is 0 Å². The van der Waals surface area contributed by atoms with Crippen LogP contribution in [0.5, 0.6) is 0 Å². The number of rotatable bonds is 4. The molecule has 0 amide bonds. The molecule has 0 rings (SSSR count). The van der Waals surface area contributed by atoms with Gasteiger partial charge in [0.1, 0.15) is 0 Å². The molecule has 110 valence electrons. The minimum absolute atomic E-state index is 0.415. The van der Waals surface area contributed by atoms with Gasteiger partial charge in [-0.1, -0.05) is 76.2 Å². The Balaban J connectivity index is 4.80. The van der Waals surface area contributed by atoms with Crippen molar-refractivity contribution in [2.24, 2.45) is 40.4 Å². The Bertz CT molecular complexity index is 212. The van der Waals surface area contributed by atoms with Gasteiger partial charge in [0, 0.05) is 0 Å². The molecule has 0 bridgehead atoms. The van der Waals surface area contributed by atoms with Gasteiger partial charge in [-0.3, -0.25) is 0 Å². The van der Waals surface area contributed by atoms with Crippen LogP contribution in [0.3, 0.4) is 0 Å². The maximum atomic E-state index is 2.46. The van der Waals surface area contributed by atoms with Crippen molar-refractivity contribution < 1.29 is 0 Å². The van der Waals surface area contributed by atoms with Crippen molar-refractivity contribution in [1.29, 1.82) is 0 Å². The van der Waals surface area contributed by atoms with E-state index in [0.29, 0.717) is 10.8 Å². The van der Waals surface area contributed by atoms with Crippen LogP contribution < -0.4 is 0 Å². The molecule has 0 aromatic heterocycles. The second-order valence-corrected chi connectivity index (χ2v) is 8.89. The minimum atomic E-state index is 0.415. The van der Waals surface area contributed by atoms with E-state index in [4.69, 9.17) is 0 Å². The highest BCUT2D eigenvalue weighted by atomic mass is 14.4. The Morgan fingerprint density at radius 1 is 0.444 bits per heavy atom. The van der Waals surface area contributed by atoms with E-state index in [9.17, 15) is 0 Å². The lowest BCUT2D eigenvalue weighted by Gasteiger charge is -2.42. The molecule has 4 atom stereocenters. The summed E-state index contributed by atoms with van der Waals surface area (Å²) < 4.78 is 0. The maximum absolute atomic E-state index is 2.46. The highest BCUT2D eigenvalue weighted by Gasteiger charge is 2.35. The van der Waals surface area contributed by atoms with Gasteiger partial charge in [-0.25, -0.2) is 0 Å². The summed E-state index contributed by atoms with van der Waals surface area (Å²) in [6.07, 6.45) is 0. The summed E-state index contributed by atoms with van der Waals surface area (Å²) in [6, 6.07) is 0. The van der Waals surface area contributed by atoms with E-state index in [0.717, 1.165) is 29.6 Å². The normalized spacial score (nSPS) is 22.2. The topological polar surface area (TPSA) is 0 Å². The van der Waals surface area contributed by atoms with E-state index in [2.05, 4.69) is 76.2 Å². The zero-order valence-electron chi connectivity index (χ0n) is 14.9. The Labute approximate surface area is 117 Å². The van der Waals surface area contributed by atoms with Crippen molar-refractivity contribution in [2.45, 2.75) is 76.2 Å². The molecule has 0 heterocycles. The van der Waals surface area contributed by atoms with Crippen molar-refractivity contribution >= 4 is 0 Å². The molecule has 0 heteroatoms. The van der Waals surface area contributed by atoms with Gasteiger partial charge in [-0.15, -0.1) is 0 Å². The molecule has 0 saturated heterocycles. The molecule has 0 nitrogen and oxygen atoms in total. The molecule has 0 N–H and O–H groups in total. The first-order chi connectivity index (χ1) is 7.80. The van der Waals surface area contributed by atoms with Gasteiger partial charge in [-0.05, 0) is 40.4 Å². The zero-order valence-corrected chi connectivity index (χ0v) is 14.9. The van der Waals surface area contributed by atoms with E-state index in [1.807, 2.05) is 0 Å². The third kappa shape index (κ3) is 4.59. The Hall–Kier alpha value is 0. The molecule has 0 spiro atoms. The Morgan fingerprint density at radius 2 is 0.667 bits per heavy atom. The number of hydrogen-bond acceptors (Lipinski definition) is 0. The van der Waals surface area contributed by atoms with E-state index >= 15 is 0 Å².